The minimum Gasteiger partial charge on any atom is -0.462 e. The molecule has 0 amide bonds. The van der Waals surface area contributed by atoms with Gasteiger partial charge in [-0.05, 0) is 63.1 Å². The Balaban J connectivity index is 2.73. The maximum absolute atomic E-state index is 13.1. The lowest BCUT2D eigenvalue weighted by Gasteiger charge is -2.26. The van der Waals surface area contributed by atoms with Crippen LogP contribution in [-0.2, 0) is 42.9 Å². The predicted molar refractivity (Wildman–Crippen MR) is 136 cm³/mol. The van der Waals surface area contributed by atoms with Crippen LogP contribution < -0.4 is 0 Å². The average molecular weight is 565 g/mol. The normalized spacial score (nSPS) is 14.7. The van der Waals surface area contributed by atoms with Gasteiger partial charge in [0.15, 0.2) is 0 Å². The van der Waals surface area contributed by atoms with Gasteiger partial charge in [0, 0.05) is 25.0 Å². The summed E-state index contributed by atoms with van der Waals surface area (Å²) in [5.41, 5.74) is 0. The molecule has 37 heavy (non-hydrogen) atoms. The third-order valence-corrected chi connectivity index (χ3v) is 7.33. The monoisotopic (exact) mass is 564 g/mol. The summed E-state index contributed by atoms with van der Waals surface area (Å²) < 4.78 is 23.4. The van der Waals surface area contributed by atoms with Crippen LogP contribution in [0.3, 0.4) is 0 Å². The molecule has 0 aromatic heterocycles. The number of carbonyl (C=O) groups excluding carboxylic acids is 6. The number of rotatable bonds is 14. The summed E-state index contributed by atoms with van der Waals surface area (Å²) in [6, 6.07) is 0. The van der Waals surface area contributed by atoms with Crippen molar-refractivity contribution in [2.75, 3.05) is 19.3 Å². The molecule has 0 spiro atoms. The molecule has 0 aromatic rings. The zero-order valence-corrected chi connectivity index (χ0v) is 23.4. The zero-order valence-electron chi connectivity index (χ0n) is 21.7. The molecular weight excluding hydrogens is 528 g/mol. The van der Waals surface area contributed by atoms with E-state index in [4.69, 9.17) is 23.7 Å². The summed E-state index contributed by atoms with van der Waals surface area (Å²) in [6.45, 7) is 5.09. The highest BCUT2D eigenvalue weighted by atomic mass is 32.2. The minimum atomic E-state index is -1.27. The second kappa shape index (κ2) is 17.3. The fourth-order valence-corrected chi connectivity index (χ4v) is 4.56. The second-order valence-electron chi connectivity index (χ2n) is 8.71. The van der Waals surface area contributed by atoms with Crippen LogP contribution in [0.15, 0.2) is 0 Å². The molecule has 0 unspecified atom stereocenters. The van der Waals surface area contributed by atoms with Crippen LogP contribution in [0.1, 0.15) is 79.1 Å². The van der Waals surface area contributed by atoms with Crippen molar-refractivity contribution >= 4 is 57.8 Å². The quantitative estimate of drug-likeness (QED) is 0.162. The van der Waals surface area contributed by atoms with Gasteiger partial charge in [-0.2, -0.15) is 0 Å². The maximum atomic E-state index is 13.1. The lowest BCUT2D eigenvalue weighted by molar-refractivity contribution is -0.156. The molecule has 1 rings (SSSR count). The van der Waals surface area contributed by atoms with Gasteiger partial charge in [0.05, 0.1) is 10.7 Å². The van der Waals surface area contributed by atoms with Crippen molar-refractivity contribution in [1.82, 2.24) is 0 Å². The molecule has 0 aliphatic heterocycles. The maximum Gasteiger partial charge on any atom is 0.371 e. The molecule has 1 aliphatic carbocycles. The first-order valence-corrected chi connectivity index (χ1v) is 14.0. The third-order valence-electron chi connectivity index (χ3n) is 5.38. The van der Waals surface area contributed by atoms with Crippen molar-refractivity contribution in [3.05, 3.63) is 0 Å². The van der Waals surface area contributed by atoms with Gasteiger partial charge in [-0.3, -0.25) is 19.2 Å². The summed E-state index contributed by atoms with van der Waals surface area (Å²) in [4.78, 5) is 72.4. The summed E-state index contributed by atoms with van der Waals surface area (Å²) in [6.07, 6.45) is 4.16. The van der Waals surface area contributed by atoms with Crippen LogP contribution in [0.2, 0.25) is 0 Å². The number of carbonyl (C=O) groups is 6. The number of ketones is 1. The number of hydrogen-bond acceptors (Lipinski definition) is 13. The number of hydrogen-bond donors (Lipinski definition) is 0. The van der Waals surface area contributed by atoms with Gasteiger partial charge in [-0.15, -0.1) is 0 Å². The lowest BCUT2D eigenvalue weighted by atomic mass is 9.95. The summed E-state index contributed by atoms with van der Waals surface area (Å²) in [7, 11) is 0. The average Bonchev–Trinajstić information content (AvgIpc) is 2.86. The molecule has 1 fully saturated rings. The largest absolute Gasteiger partial charge is 0.462 e. The highest BCUT2D eigenvalue weighted by molar-refractivity contribution is 8.15. The van der Waals surface area contributed by atoms with Gasteiger partial charge in [-0.25, -0.2) is 9.59 Å². The highest BCUT2D eigenvalue weighted by Gasteiger charge is 2.37. The summed E-state index contributed by atoms with van der Waals surface area (Å²) in [5.74, 6) is -3.17. The van der Waals surface area contributed by atoms with Crippen LogP contribution in [0, 0.1) is 5.92 Å². The Morgan fingerprint density at radius 1 is 0.811 bits per heavy atom. The van der Waals surface area contributed by atoms with Gasteiger partial charge in [0.25, 0.3) is 0 Å². The van der Waals surface area contributed by atoms with E-state index in [2.05, 4.69) is 0 Å². The first-order valence-electron chi connectivity index (χ1n) is 12.2. The number of Topliss-reactive ketones (excluding diaryl/α,β-unsaturated/α-hetero) is 1. The van der Waals surface area contributed by atoms with Crippen molar-refractivity contribution in [1.29, 1.82) is 0 Å². The molecule has 0 saturated heterocycles. The molecule has 0 heterocycles. The smallest absolute Gasteiger partial charge is 0.371 e. The zero-order chi connectivity index (χ0) is 27.8. The molecule has 13 heteroatoms. The van der Waals surface area contributed by atoms with E-state index in [9.17, 15) is 28.8 Å². The van der Waals surface area contributed by atoms with Crippen molar-refractivity contribution in [3.63, 3.8) is 0 Å². The van der Waals surface area contributed by atoms with E-state index >= 15 is 0 Å². The van der Waals surface area contributed by atoms with E-state index in [1.54, 1.807) is 13.8 Å². The van der Waals surface area contributed by atoms with Crippen LogP contribution in [0.5, 0.6) is 0 Å². The summed E-state index contributed by atoms with van der Waals surface area (Å²) in [5, 5.41) is -1.59. The molecule has 0 N–H and O–H groups in total. The molecule has 0 bridgehead atoms. The van der Waals surface area contributed by atoms with Crippen LogP contribution >= 0.6 is 23.5 Å². The Bertz CT molecular complexity index is 807. The van der Waals surface area contributed by atoms with Gasteiger partial charge < -0.3 is 23.7 Å². The van der Waals surface area contributed by atoms with Crippen molar-refractivity contribution < 1.29 is 52.5 Å². The molecule has 1 atom stereocenters. The Labute approximate surface area is 225 Å². The first-order chi connectivity index (χ1) is 17.5. The Morgan fingerprint density at radius 2 is 1.35 bits per heavy atom. The van der Waals surface area contributed by atoms with Crippen LogP contribution in [0.4, 0.5) is 9.59 Å². The highest BCUT2D eigenvalue weighted by Crippen LogP contribution is 2.31. The van der Waals surface area contributed by atoms with E-state index in [0.29, 0.717) is 23.5 Å². The standard InChI is InChI=1S/C24H36O11S2/c1-5-19(26)31-14-33-22(29)36-13-16(21(28)35-17-10-8-7-9-11-17)12-18(25)24(3,4)37-23(30)34-15-32-20(27)6-2/h16-17H,5-15H2,1-4H3/t16-/m0/s1. The van der Waals surface area contributed by atoms with Crippen molar-refractivity contribution in [3.8, 4) is 0 Å². The number of ether oxygens (including phenoxy) is 5. The van der Waals surface area contributed by atoms with Crippen molar-refractivity contribution in [2.24, 2.45) is 5.92 Å². The lowest BCUT2D eigenvalue weighted by Crippen LogP contribution is -2.35. The number of thioether (sulfide) groups is 2. The fourth-order valence-electron chi connectivity index (χ4n) is 3.12. The third kappa shape index (κ3) is 13.7. The van der Waals surface area contributed by atoms with E-state index in [0.717, 1.165) is 32.1 Å². The molecule has 11 nitrogen and oxygen atoms in total. The topological polar surface area (TPSA) is 149 Å². The van der Waals surface area contributed by atoms with E-state index in [1.807, 2.05) is 0 Å². The summed E-state index contributed by atoms with van der Waals surface area (Å²) >= 11 is 1.26. The SMILES string of the molecule is CCC(=O)OCOC(=O)SC[C@H](CC(=O)C(C)(C)SC(=O)OCOC(=O)CC)C(=O)OC1CCCCC1. The Kier molecular flexibility index (Phi) is 15.3. The van der Waals surface area contributed by atoms with Gasteiger partial charge in [0.1, 0.15) is 11.9 Å². The first kappa shape index (κ1) is 32.7. The minimum absolute atomic E-state index is 0.101. The Morgan fingerprint density at radius 3 is 1.89 bits per heavy atom. The van der Waals surface area contributed by atoms with E-state index in [-0.39, 0.29) is 31.1 Å². The van der Waals surface area contributed by atoms with Gasteiger partial charge >= 0.3 is 28.5 Å². The molecule has 1 aliphatic rings. The van der Waals surface area contributed by atoms with Gasteiger partial charge in [-0.1, -0.05) is 20.3 Å². The molecule has 0 aromatic carbocycles. The van der Waals surface area contributed by atoms with Crippen LogP contribution in [0.25, 0.3) is 0 Å². The fraction of sp³-hybridized carbons (Fsp3) is 0.750. The van der Waals surface area contributed by atoms with Gasteiger partial charge in [0.2, 0.25) is 13.6 Å². The number of esters is 3. The van der Waals surface area contributed by atoms with E-state index < -0.39 is 58.5 Å². The second-order valence-corrected chi connectivity index (χ2v) is 11.2. The molecule has 0 radical (unpaired) electrons. The molecule has 210 valence electrons. The van der Waals surface area contributed by atoms with E-state index in [1.165, 1.54) is 13.8 Å². The molecular formula is C24H36O11S2. The Hall–Kier alpha value is -2.28. The van der Waals surface area contributed by atoms with Crippen LogP contribution in [-0.4, -0.2) is 64.5 Å². The predicted octanol–water partition coefficient (Wildman–Crippen LogP) is 4.78. The molecule has 1 saturated carbocycles. The van der Waals surface area contributed by atoms with Crippen molar-refractivity contribution in [2.45, 2.75) is 89.9 Å².